The lowest BCUT2D eigenvalue weighted by atomic mass is 10.2. The van der Waals surface area contributed by atoms with Crippen LogP contribution in [0.5, 0.6) is 0 Å². The Kier molecular flexibility index (Phi) is 7.43. The van der Waals surface area contributed by atoms with Gasteiger partial charge in [-0.3, -0.25) is 9.59 Å². The van der Waals surface area contributed by atoms with Crippen LogP contribution in [-0.2, 0) is 9.59 Å². The Bertz CT molecular complexity index is 483. The topological polar surface area (TPSA) is 52.7 Å². The molecule has 5 heteroatoms. The number of anilines is 2. The molecule has 0 unspecified atom stereocenters. The maximum atomic E-state index is 11.8. The molecule has 2 amide bonds. The highest BCUT2D eigenvalue weighted by Crippen LogP contribution is 2.19. The minimum absolute atomic E-state index is 0.0274. The van der Waals surface area contributed by atoms with Crippen LogP contribution in [0.25, 0.3) is 0 Å². The van der Waals surface area contributed by atoms with Crippen molar-refractivity contribution in [3.05, 3.63) is 24.3 Å². The van der Waals surface area contributed by atoms with E-state index < -0.39 is 0 Å². The second-order valence-corrected chi connectivity index (χ2v) is 5.53. The average Bonchev–Trinajstić information content (AvgIpc) is 2.49. The zero-order valence-corrected chi connectivity index (χ0v) is 14.1. The predicted molar refractivity (Wildman–Crippen MR) is 91.3 cm³/mol. The summed E-state index contributed by atoms with van der Waals surface area (Å²) in [7, 11) is 3.95. The molecule has 5 nitrogen and oxygen atoms in total. The van der Waals surface area contributed by atoms with Gasteiger partial charge in [-0.1, -0.05) is 13.3 Å². The number of nitrogens with one attached hydrogen (secondary N) is 1. The quantitative estimate of drug-likeness (QED) is 0.802. The number of nitrogens with zero attached hydrogens (tertiary/aromatic N) is 2. The van der Waals surface area contributed by atoms with Crippen molar-refractivity contribution in [2.45, 2.75) is 33.1 Å². The third-order valence-corrected chi connectivity index (χ3v) is 3.47. The summed E-state index contributed by atoms with van der Waals surface area (Å²) < 4.78 is 0. The van der Waals surface area contributed by atoms with Crippen LogP contribution in [-0.4, -0.2) is 39.0 Å². The van der Waals surface area contributed by atoms with E-state index in [-0.39, 0.29) is 11.8 Å². The minimum atomic E-state index is -0.0274. The maximum absolute atomic E-state index is 11.8. The fraction of sp³-hybridized carbons (Fsp3) is 0.529. The van der Waals surface area contributed by atoms with Crippen LogP contribution < -0.4 is 15.1 Å². The van der Waals surface area contributed by atoms with Gasteiger partial charge in [0.2, 0.25) is 11.8 Å². The van der Waals surface area contributed by atoms with E-state index in [1.165, 1.54) is 0 Å². The van der Waals surface area contributed by atoms with Gasteiger partial charge in [-0.15, -0.1) is 0 Å². The Balaban J connectivity index is 2.58. The van der Waals surface area contributed by atoms with Gasteiger partial charge in [0.05, 0.1) is 0 Å². The molecule has 0 bridgehead atoms. The van der Waals surface area contributed by atoms with E-state index in [2.05, 4.69) is 12.2 Å². The van der Waals surface area contributed by atoms with E-state index >= 15 is 0 Å². The van der Waals surface area contributed by atoms with Crippen LogP contribution in [0.15, 0.2) is 24.3 Å². The highest BCUT2D eigenvalue weighted by atomic mass is 16.2. The second-order valence-electron chi connectivity index (χ2n) is 5.53. The van der Waals surface area contributed by atoms with Crippen LogP contribution in [0.3, 0.4) is 0 Å². The molecule has 0 spiro atoms. The summed E-state index contributed by atoms with van der Waals surface area (Å²) in [4.78, 5) is 27.1. The Morgan fingerprint density at radius 2 is 1.68 bits per heavy atom. The van der Waals surface area contributed by atoms with Crippen LogP contribution >= 0.6 is 0 Å². The molecule has 1 aromatic rings. The zero-order chi connectivity index (χ0) is 16.5. The van der Waals surface area contributed by atoms with E-state index in [9.17, 15) is 9.59 Å². The molecule has 0 saturated carbocycles. The summed E-state index contributed by atoms with van der Waals surface area (Å²) >= 11 is 0. The van der Waals surface area contributed by atoms with Crippen molar-refractivity contribution in [1.29, 1.82) is 0 Å². The molecule has 0 aromatic heterocycles. The van der Waals surface area contributed by atoms with Gasteiger partial charge in [0.1, 0.15) is 0 Å². The Morgan fingerprint density at radius 3 is 2.18 bits per heavy atom. The standard InChI is InChI=1S/C17H27N3O2/c1-5-6-7-17(22)18-12-13-20(14(2)21)16-10-8-15(9-11-16)19(3)4/h8-11H,5-7,12-13H2,1-4H3,(H,18,22). The largest absolute Gasteiger partial charge is 0.378 e. The number of unbranched alkanes of at least 4 members (excludes halogenated alkanes) is 1. The number of carbonyl (C=O) groups is 2. The Hall–Kier alpha value is -2.04. The first-order valence-electron chi connectivity index (χ1n) is 7.78. The SMILES string of the molecule is CCCCC(=O)NCCN(C(C)=O)c1ccc(N(C)C)cc1. The molecule has 0 saturated heterocycles. The summed E-state index contributed by atoms with van der Waals surface area (Å²) in [6, 6.07) is 7.81. The van der Waals surface area contributed by atoms with Gasteiger partial charge in [-0.2, -0.15) is 0 Å². The molecular weight excluding hydrogens is 278 g/mol. The van der Waals surface area contributed by atoms with Gasteiger partial charge in [-0.05, 0) is 30.7 Å². The second kappa shape index (κ2) is 9.07. The van der Waals surface area contributed by atoms with Crippen molar-refractivity contribution in [3.63, 3.8) is 0 Å². The first-order valence-corrected chi connectivity index (χ1v) is 7.78. The van der Waals surface area contributed by atoms with Gasteiger partial charge in [0, 0.05) is 51.9 Å². The monoisotopic (exact) mass is 305 g/mol. The number of hydrogen-bond acceptors (Lipinski definition) is 3. The number of carbonyl (C=O) groups excluding carboxylic acids is 2. The Morgan fingerprint density at radius 1 is 1.09 bits per heavy atom. The third-order valence-electron chi connectivity index (χ3n) is 3.47. The maximum Gasteiger partial charge on any atom is 0.223 e. The normalized spacial score (nSPS) is 10.2. The summed E-state index contributed by atoms with van der Waals surface area (Å²) in [6.07, 6.45) is 2.45. The van der Waals surface area contributed by atoms with Crippen molar-refractivity contribution >= 4 is 23.2 Å². The van der Waals surface area contributed by atoms with Crippen molar-refractivity contribution in [1.82, 2.24) is 5.32 Å². The lowest BCUT2D eigenvalue weighted by molar-refractivity contribution is -0.121. The molecule has 22 heavy (non-hydrogen) atoms. The summed E-state index contributed by atoms with van der Waals surface area (Å²) in [5.41, 5.74) is 1.93. The fourth-order valence-electron chi connectivity index (χ4n) is 2.13. The molecule has 0 radical (unpaired) electrons. The molecule has 1 aromatic carbocycles. The van der Waals surface area contributed by atoms with Gasteiger partial charge in [0.15, 0.2) is 0 Å². The van der Waals surface area contributed by atoms with Crippen molar-refractivity contribution in [2.75, 3.05) is 37.0 Å². The van der Waals surface area contributed by atoms with E-state index in [0.29, 0.717) is 19.5 Å². The first kappa shape index (κ1) is 18.0. The molecular formula is C17H27N3O2. The third kappa shape index (κ3) is 5.76. The van der Waals surface area contributed by atoms with Crippen LogP contribution in [0, 0.1) is 0 Å². The van der Waals surface area contributed by atoms with E-state index in [1.54, 1.807) is 11.8 Å². The van der Waals surface area contributed by atoms with Crippen LogP contribution in [0.1, 0.15) is 33.1 Å². The van der Waals surface area contributed by atoms with Gasteiger partial charge >= 0.3 is 0 Å². The average molecular weight is 305 g/mol. The summed E-state index contributed by atoms with van der Waals surface area (Å²) in [6.45, 7) is 4.55. The molecule has 1 N–H and O–H groups in total. The zero-order valence-electron chi connectivity index (χ0n) is 14.1. The van der Waals surface area contributed by atoms with Gasteiger partial charge < -0.3 is 15.1 Å². The highest BCUT2D eigenvalue weighted by Gasteiger charge is 2.12. The van der Waals surface area contributed by atoms with E-state index in [1.807, 2.05) is 43.3 Å². The Labute approximate surface area is 133 Å². The van der Waals surface area contributed by atoms with Gasteiger partial charge in [-0.25, -0.2) is 0 Å². The molecule has 0 heterocycles. The lowest BCUT2D eigenvalue weighted by Crippen LogP contribution is -2.37. The summed E-state index contributed by atoms with van der Waals surface area (Å²) in [5.74, 6) is 0.0220. The molecule has 1 rings (SSSR count). The highest BCUT2D eigenvalue weighted by molar-refractivity contribution is 5.91. The summed E-state index contributed by atoms with van der Waals surface area (Å²) in [5, 5.41) is 2.86. The van der Waals surface area contributed by atoms with Crippen LogP contribution in [0.4, 0.5) is 11.4 Å². The lowest BCUT2D eigenvalue weighted by Gasteiger charge is -2.22. The van der Waals surface area contributed by atoms with Crippen molar-refractivity contribution in [2.24, 2.45) is 0 Å². The number of benzene rings is 1. The molecule has 0 aliphatic carbocycles. The molecule has 0 atom stereocenters. The van der Waals surface area contributed by atoms with E-state index in [0.717, 1.165) is 24.2 Å². The molecule has 0 fully saturated rings. The minimum Gasteiger partial charge on any atom is -0.378 e. The van der Waals surface area contributed by atoms with E-state index in [4.69, 9.17) is 0 Å². The number of hydrogen-bond donors (Lipinski definition) is 1. The molecule has 0 aliphatic heterocycles. The molecule has 122 valence electrons. The first-order chi connectivity index (χ1) is 10.5. The number of rotatable bonds is 8. The predicted octanol–water partition coefficient (Wildman–Crippen LogP) is 2.41. The smallest absolute Gasteiger partial charge is 0.223 e. The van der Waals surface area contributed by atoms with Crippen LogP contribution in [0.2, 0.25) is 0 Å². The molecule has 0 aliphatic rings. The van der Waals surface area contributed by atoms with Crippen molar-refractivity contribution in [3.8, 4) is 0 Å². The number of amides is 2. The van der Waals surface area contributed by atoms with Gasteiger partial charge in [0.25, 0.3) is 0 Å². The van der Waals surface area contributed by atoms with Crippen molar-refractivity contribution < 1.29 is 9.59 Å². The fourth-order valence-corrected chi connectivity index (χ4v) is 2.13.